The van der Waals surface area contributed by atoms with Gasteiger partial charge in [-0.25, -0.2) is 46.9 Å². The van der Waals surface area contributed by atoms with Gasteiger partial charge < -0.3 is 79.3 Å². The fraction of sp³-hybridized carbons (Fsp3) is 0.438. The number of methoxy groups -OCH3 is 10. The minimum atomic E-state index is -4.87. The molecule has 7 aromatic rings. The molecule has 0 spiro atoms. The Hall–Kier alpha value is -10.3. The second-order valence-corrected chi connectivity index (χ2v) is 32.5. The molecule has 0 saturated carbocycles. The summed E-state index contributed by atoms with van der Waals surface area (Å²) in [5, 5.41) is 36.4. The van der Waals surface area contributed by atoms with Crippen molar-refractivity contribution in [2.45, 2.75) is 167 Å². The molecule has 1 aliphatic rings. The third-order valence-corrected chi connectivity index (χ3v) is 19.1. The Morgan fingerprint density at radius 3 is 1.09 bits per heavy atom. The van der Waals surface area contributed by atoms with Crippen LogP contribution in [0.1, 0.15) is 165 Å². The number of halogens is 18. The van der Waals surface area contributed by atoms with Gasteiger partial charge in [0.2, 0.25) is 5.78 Å². The minimum Gasteiger partial charge on any atom is -1.00 e. The number of allylic oxidation sites excluding steroid dienone is 1. The van der Waals surface area contributed by atoms with Crippen LogP contribution < -0.4 is 75.1 Å². The van der Waals surface area contributed by atoms with Gasteiger partial charge in [0.15, 0.2) is 17.8 Å². The number of benzene rings is 7. The number of hydrogen-bond donors (Lipinski definition) is 1. The van der Waals surface area contributed by atoms with Crippen molar-refractivity contribution in [3.63, 3.8) is 0 Å². The third-order valence-electron chi connectivity index (χ3n) is 19.1. The number of hydrogen-bond acceptors (Lipinski definition) is 21. The molecule has 2 unspecified atom stereocenters. The van der Waals surface area contributed by atoms with E-state index in [-0.39, 0.29) is 116 Å². The van der Waals surface area contributed by atoms with Crippen LogP contribution in [-0.2, 0) is 70.0 Å². The van der Waals surface area contributed by atoms with Crippen molar-refractivity contribution in [1.82, 2.24) is 0 Å². The molecule has 41 heteroatoms. The van der Waals surface area contributed by atoms with Crippen molar-refractivity contribution in [3.05, 3.63) is 224 Å². The van der Waals surface area contributed by atoms with Crippen LogP contribution in [0, 0.1) is 87.2 Å². The average Bonchev–Trinajstić information content (AvgIpc) is 0.953. The number of aliphatic hydroxyl groups is 1. The molecular formula is C96H113Cl5F13N4NaO18. The summed E-state index contributed by atoms with van der Waals surface area (Å²) >= 11 is 19.1. The fourth-order valence-corrected chi connectivity index (χ4v) is 11.9. The number of aliphatic hydroxyl groups excluding tert-OH is 1. The minimum absolute atomic E-state index is 0. The summed E-state index contributed by atoms with van der Waals surface area (Å²) in [6.45, 7) is 28.2. The number of carbonyl (C=O) groups excluding carboxylic acids is 6. The number of aldehydes is 1. The molecule has 1 aliphatic heterocycles. The van der Waals surface area contributed by atoms with Crippen molar-refractivity contribution in [2.75, 3.05) is 102 Å². The van der Waals surface area contributed by atoms with E-state index in [1.165, 1.54) is 210 Å². The number of ether oxygens (including phenoxy) is 11. The van der Waals surface area contributed by atoms with Gasteiger partial charge >= 0.3 is 66.4 Å². The monoisotopic (exact) mass is 2050 g/mol. The molecule has 0 aromatic heterocycles. The standard InChI is InChI=1S/C14H16FNO3.C13H16F4O2.C13H14F4O2.C13H12FNO3.C12H14FNO.C12H15FO2.C9H9FO2.C4H5NO2.C4H8O.2CH2Cl2.ClH.Na/c1-14(2,11(8-16)13(17)19-4)10-6-5-9(15)7-12(10)18-3;2*1-12(2,7-11(18)13(15,16)17)9-5-4-8(14)6-10(9)19-3;1-8(11(7-15)13(16)18-3)10-5-4-9(14)6-12(10)17-2;2*1-12(2,6-7-14)10-5-4-9(13)8-11(10)15-3;1-6(11)8-4-3-7(10)5-9(8)12-2;1-5-3-4(6)7-2;1-2-4-5-3-1;2*2-1-3;;/h5-7,11H,1-4H3;4-6,11,18H,7H2,1-3H3;4-6H,7H2,1-3H3;4-6H,1-3H3;4-5,8H,6H2,1-3H3;4-5,7-8H,6H2,1-3H3;3-5H,1-2H3;3H2,2H3;1-4H2;2*1H2;1H;/q;;;;;;;;;;;;+1/p-1/b;;;11-8-;;;;;;;;;. The molecule has 0 bridgehead atoms. The van der Waals surface area contributed by atoms with Gasteiger partial charge in [0, 0.05) is 125 Å². The van der Waals surface area contributed by atoms with Crippen molar-refractivity contribution in [3.8, 4) is 58.5 Å². The molecule has 0 aliphatic carbocycles. The van der Waals surface area contributed by atoms with E-state index in [4.69, 9.17) is 107 Å². The van der Waals surface area contributed by atoms with Crippen LogP contribution in [0.4, 0.5) is 57.1 Å². The topological polar surface area (TPSA) is 300 Å². The number of carbonyl (C=O) groups is 6. The summed E-state index contributed by atoms with van der Waals surface area (Å²) in [5.41, 5.74) is 0.534. The molecule has 1 saturated heterocycles. The Balaban J connectivity index is -0.000000480. The summed E-state index contributed by atoms with van der Waals surface area (Å²) in [6.07, 6.45) is -9.06. The SMILES string of the molecule is C1CCOC1.COC(=O)/C(C#N)=C(/C)c1ccc(F)cc1OC.COC(=O)C(C#N)C(C)(C)c1ccc(F)cc1OC.COc1cc(F)ccc1C(C)(C)CC#N.COc1cc(F)ccc1C(C)(C)CC(=O)C(F)(F)F.COc1cc(F)ccc1C(C)(C)CC(O)C(F)(F)F.COc1cc(F)ccc1C(C)(C)CC=O.COc1cc(F)ccc1C(C)=O.ClCCl.ClCCl.[C-]#[N+]CC(=O)OC.[Cl-].[Na+]. The van der Waals surface area contributed by atoms with Crippen LogP contribution in [0.3, 0.4) is 0 Å². The van der Waals surface area contributed by atoms with Crippen LogP contribution in [0.2, 0.25) is 0 Å². The molecule has 752 valence electrons. The van der Waals surface area contributed by atoms with Crippen LogP contribution in [-0.4, -0.2) is 161 Å². The number of ketones is 2. The normalized spacial score (nSPS) is 11.6. The van der Waals surface area contributed by atoms with Crippen LogP contribution in [0.25, 0.3) is 10.4 Å². The van der Waals surface area contributed by atoms with Crippen LogP contribution in [0.15, 0.2) is 133 Å². The average molecular weight is 2060 g/mol. The summed E-state index contributed by atoms with van der Waals surface area (Å²) in [5.74, 6) is -5.74. The molecule has 8 rings (SSSR count). The number of rotatable bonds is 25. The first-order valence-corrected chi connectivity index (χ1v) is 42.0. The van der Waals surface area contributed by atoms with E-state index >= 15 is 0 Å². The first-order chi connectivity index (χ1) is 62.9. The Morgan fingerprint density at radius 2 is 0.810 bits per heavy atom. The molecule has 1 fully saturated rings. The van der Waals surface area contributed by atoms with Gasteiger partial charge in [0.1, 0.15) is 98.9 Å². The molecule has 137 heavy (non-hydrogen) atoms. The van der Waals surface area contributed by atoms with Crippen LogP contribution in [0.5, 0.6) is 40.2 Å². The molecular weight excluding hydrogens is 1940 g/mol. The van der Waals surface area contributed by atoms with Gasteiger partial charge in [0.05, 0.1) is 99.5 Å². The first kappa shape index (κ1) is 135. The molecule has 2 atom stereocenters. The zero-order valence-electron chi connectivity index (χ0n) is 80.1. The number of alkyl halides is 10. The smallest absolute Gasteiger partial charge is 1.00 e. The van der Waals surface area contributed by atoms with E-state index in [1.54, 1.807) is 39.0 Å². The maximum Gasteiger partial charge on any atom is 1.00 e. The predicted molar refractivity (Wildman–Crippen MR) is 487 cm³/mol. The zero-order valence-corrected chi connectivity index (χ0v) is 85.9. The second-order valence-electron chi connectivity index (χ2n) is 30.9. The molecule has 1 heterocycles. The summed E-state index contributed by atoms with van der Waals surface area (Å²) in [4.78, 5) is 68.4. The summed E-state index contributed by atoms with van der Waals surface area (Å²) in [6, 6.07) is 33.5. The number of esters is 3. The summed E-state index contributed by atoms with van der Waals surface area (Å²) < 4.78 is 218. The molecule has 0 radical (unpaired) electrons. The van der Waals surface area contributed by atoms with Gasteiger partial charge in [-0.3, -0.25) is 14.4 Å². The first-order valence-electron chi connectivity index (χ1n) is 39.8. The molecule has 7 aromatic carbocycles. The van der Waals surface area contributed by atoms with Crippen molar-refractivity contribution >= 4 is 87.7 Å². The largest absolute Gasteiger partial charge is 1.00 e. The Morgan fingerprint density at radius 1 is 0.489 bits per heavy atom. The van der Waals surface area contributed by atoms with Gasteiger partial charge in [-0.2, -0.15) is 42.1 Å². The van der Waals surface area contributed by atoms with E-state index in [9.17, 15) is 91.1 Å². The molecule has 0 amide bonds. The number of Topliss-reactive ketones (excluding diaryl/α,β-unsaturated/α-hetero) is 2. The van der Waals surface area contributed by atoms with Gasteiger partial charge in [-0.05, 0) is 104 Å². The fourth-order valence-electron chi connectivity index (χ4n) is 11.9. The van der Waals surface area contributed by atoms with E-state index in [1.807, 2.05) is 33.8 Å². The maximum absolute atomic E-state index is 13.2. The van der Waals surface area contributed by atoms with E-state index in [0.29, 0.717) is 63.5 Å². The van der Waals surface area contributed by atoms with Crippen LogP contribution >= 0.6 is 46.4 Å². The zero-order chi connectivity index (χ0) is 105. The molecule has 22 nitrogen and oxygen atoms in total. The molecule has 1 N–H and O–H groups in total. The Labute approximate surface area is 840 Å². The van der Waals surface area contributed by atoms with E-state index < -0.39 is 106 Å². The van der Waals surface area contributed by atoms with E-state index in [0.717, 1.165) is 54.9 Å². The third kappa shape index (κ3) is 48.7. The van der Waals surface area contributed by atoms with Crippen molar-refractivity contribution in [1.29, 1.82) is 15.8 Å². The Kier molecular flexibility index (Phi) is 67.0. The van der Waals surface area contributed by atoms with Gasteiger partial charge in [-0.15, -0.1) is 46.4 Å². The van der Waals surface area contributed by atoms with Crippen molar-refractivity contribution in [2.24, 2.45) is 5.92 Å². The van der Waals surface area contributed by atoms with E-state index in [2.05, 4.69) is 25.1 Å². The summed E-state index contributed by atoms with van der Waals surface area (Å²) in [7, 11) is 13.5. The number of nitriles is 3. The second kappa shape index (κ2) is 67.9. The quantitative estimate of drug-likeness (QED) is 0.00531. The number of nitrogens with zero attached hydrogens (tertiary/aromatic N) is 4. The maximum atomic E-state index is 13.2. The Bertz CT molecular complexity index is 5110. The van der Waals surface area contributed by atoms with Gasteiger partial charge in [-0.1, -0.05) is 99.6 Å². The van der Waals surface area contributed by atoms with Crippen molar-refractivity contribution < 1.29 is 185 Å². The van der Waals surface area contributed by atoms with Gasteiger partial charge in [0.25, 0.3) is 0 Å². The predicted octanol–water partition coefficient (Wildman–Crippen LogP) is 17.3.